The number of ether oxygens (including phenoxy) is 2. The van der Waals surface area contributed by atoms with Crippen molar-refractivity contribution in [1.29, 1.82) is 0 Å². The first-order valence-corrected chi connectivity index (χ1v) is 11.0. The largest absolute Gasteiger partial charge is 0.494 e. The zero-order valence-corrected chi connectivity index (χ0v) is 17.6. The van der Waals surface area contributed by atoms with Crippen LogP contribution >= 0.6 is 0 Å². The van der Waals surface area contributed by atoms with Crippen molar-refractivity contribution < 1.29 is 14.3 Å². The number of aryl methyl sites for hydroxylation is 2. The molecule has 5 nitrogen and oxygen atoms in total. The van der Waals surface area contributed by atoms with E-state index in [1.54, 1.807) is 0 Å². The molecule has 4 rings (SSSR count). The molecule has 0 radical (unpaired) electrons. The fraction of sp³-hybridized carbons (Fsp3) is 0.400. The maximum absolute atomic E-state index is 12.2. The van der Waals surface area contributed by atoms with E-state index in [2.05, 4.69) is 35.4 Å². The van der Waals surface area contributed by atoms with Crippen molar-refractivity contribution >= 4 is 16.8 Å². The molecule has 0 saturated carbocycles. The Labute approximate surface area is 177 Å². The Bertz CT molecular complexity index is 1010. The summed E-state index contributed by atoms with van der Waals surface area (Å²) in [6, 6.07) is 12.3. The van der Waals surface area contributed by atoms with Crippen LogP contribution in [0, 0.1) is 0 Å². The molecule has 0 saturated heterocycles. The van der Waals surface area contributed by atoms with Crippen LogP contribution in [-0.4, -0.2) is 30.6 Å². The topological polar surface area (TPSA) is 63.3 Å². The van der Waals surface area contributed by atoms with Crippen molar-refractivity contribution in [3.8, 4) is 11.5 Å². The van der Waals surface area contributed by atoms with Crippen LogP contribution in [0.5, 0.6) is 11.5 Å². The van der Waals surface area contributed by atoms with E-state index in [1.165, 1.54) is 29.5 Å². The highest BCUT2D eigenvalue weighted by atomic mass is 16.5. The Hall–Kier alpha value is -2.95. The van der Waals surface area contributed by atoms with E-state index in [0.717, 1.165) is 48.1 Å². The van der Waals surface area contributed by atoms with Crippen LogP contribution in [-0.2, 0) is 24.1 Å². The number of benzene rings is 2. The summed E-state index contributed by atoms with van der Waals surface area (Å²) < 4.78 is 11.4. The summed E-state index contributed by atoms with van der Waals surface area (Å²) >= 11 is 0. The lowest BCUT2D eigenvalue weighted by Crippen LogP contribution is -2.30. The fourth-order valence-corrected chi connectivity index (χ4v) is 4.01. The molecule has 1 heterocycles. The van der Waals surface area contributed by atoms with E-state index in [9.17, 15) is 4.79 Å². The lowest BCUT2D eigenvalue weighted by atomic mass is 9.92. The Balaban J connectivity index is 1.26. The molecule has 1 amide bonds. The zero-order chi connectivity index (χ0) is 20.8. The van der Waals surface area contributed by atoms with Gasteiger partial charge in [0.05, 0.1) is 6.61 Å². The number of H-pyrrole nitrogens is 1. The van der Waals surface area contributed by atoms with Crippen LogP contribution in [0.15, 0.2) is 42.6 Å². The summed E-state index contributed by atoms with van der Waals surface area (Å²) in [6.45, 7) is 3.42. The summed E-state index contributed by atoms with van der Waals surface area (Å²) in [5.41, 5.74) is 5.03. The van der Waals surface area contributed by atoms with Crippen molar-refractivity contribution in [3.05, 3.63) is 59.3 Å². The molecule has 5 heteroatoms. The fourth-order valence-electron chi connectivity index (χ4n) is 4.01. The minimum absolute atomic E-state index is 0.0433. The van der Waals surface area contributed by atoms with Crippen LogP contribution in [0.1, 0.15) is 42.9 Å². The third-order valence-corrected chi connectivity index (χ3v) is 5.62. The van der Waals surface area contributed by atoms with Gasteiger partial charge < -0.3 is 19.8 Å². The Morgan fingerprint density at radius 3 is 2.70 bits per heavy atom. The number of nitrogens with one attached hydrogen (secondary N) is 2. The summed E-state index contributed by atoms with van der Waals surface area (Å²) in [6.07, 6.45) is 8.49. The number of aromatic nitrogens is 1. The third kappa shape index (κ3) is 4.96. The number of hydrogen-bond donors (Lipinski definition) is 2. The Morgan fingerprint density at radius 2 is 1.83 bits per heavy atom. The number of aromatic amines is 1. The summed E-state index contributed by atoms with van der Waals surface area (Å²) in [7, 11) is 0. The maximum atomic E-state index is 12.2. The van der Waals surface area contributed by atoms with Gasteiger partial charge in [-0.25, -0.2) is 0 Å². The van der Waals surface area contributed by atoms with Gasteiger partial charge >= 0.3 is 0 Å². The van der Waals surface area contributed by atoms with Crippen molar-refractivity contribution in [2.24, 2.45) is 0 Å². The van der Waals surface area contributed by atoms with Gasteiger partial charge in [-0.15, -0.1) is 0 Å². The molecule has 1 aliphatic carbocycles. The first kappa shape index (κ1) is 20.3. The van der Waals surface area contributed by atoms with E-state index in [0.29, 0.717) is 13.2 Å². The van der Waals surface area contributed by atoms with E-state index in [4.69, 9.17) is 9.47 Å². The molecule has 2 N–H and O–H groups in total. The zero-order valence-electron chi connectivity index (χ0n) is 17.6. The molecule has 30 heavy (non-hydrogen) atoms. The van der Waals surface area contributed by atoms with Crippen molar-refractivity contribution in [3.63, 3.8) is 0 Å². The quantitative estimate of drug-likeness (QED) is 0.547. The second-order valence-corrected chi connectivity index (χ2v) is 7.90. The van der Waals surface area contributed by atoms with Gasteiger partial charge in [0.2, 0.25) is 0 Å². The molecule has 0 unspecified atom stereocenters. The summed E-state index contributed by atoms with van der Waals surface area (Å²) in [5, 5.41) is 4.10. The summed E-state index contributed by atoms with van der Waals surface area (Å²) in [4.78, 5) is 15.5. The molecule has 0 spiro atoms. The number of hydrogen-bond acceptors (Lipinski definition) is 3. The van der Waals surface area contributed by atoms with E-state index in [1.807, 2.05) is 24.4 Å². The lowest BCUT2D eigenvalue weighted by molar-refractivity contribution is -0.123. The van der Waals surface area contributed by atoms with Crippen molar-refractivity contribution in [2.45, 2.75) is 45.4 Å². The number of carbonyl (C=O) groups is 1. The predicted molar refractivity (Wildman–Crippen MR) is 119 cm³/mol. The third-order valence-electron chi connectivity index (χ3n) is 5.62. The smallest absolute Gasteiger partial charge is 0.257 e. The highest BCUT2D eigenvalue weighted by molar-refractivity contribution is 5.84. The number of carbonyl (C=O) groups excluding carboxylic acids is 1. The monoisotopic (exact) mass is 406 g/mol. The number of amides is 1. The molecule has 1 aromatic heterocycles. The highest BCUT2D eigenvalue weighted by Gasteiger charge is 2.11. The number of rotatable bonds is 9. The molecule has 2 aromatic carbocycles. The van der Waals surface area contributed by atoms with Gasteiger partial charge in [-0.05, 0) is 85.5 Å². The number of fused-ring (bicyclic) bond motifs is 2. The maximum Gasteiger partial charge on any atom is 0.257 e. The van der Waals surface area contributed by atoms with Gasteiger partial charge in [-0.1, -0.05) is 13.0 Å². The molecule has 158 valence electrons. The molecule has 0 atom stereocenters. The van der Waals surface area contributed by atoms with Crippen molar-refractivity contribution in [2.75, 3.05) is 19.8 Å². The first-order valence-electron chi connectivity index (χ1n) is 11.0. The molecular weight excluding hydrogens is 376 g/mol. The first-order chi connectivity index (χ1) is 14.7. The minimum atomic E-state index is -0.0977. The Morgan fingerprint density at radius 1 is 1.03 bits per heavy atom. The van der Waals surface area contributed by atoms with Gasteiger partial charge in [-0.2, -0.15) is 0 Å². The van der Waals surface area contributed by atoms with Gasteiger partial charge in [0.1, 0.15) is 11.5 Å². The second kappa shape index (κ2) is 9.70. The van der Waals surface area contributed by atoms with E-state index >= 15 is 0 Å². The van der Waals surface area contributed by atoms with Crippen LogP contribution in [0.4, 0.5) is 0 Å². The van der Waals surface area contributed by atoms with Crippen LogP contribution < -0.4 is 14.8 Å². The second-order valence-electron chi connectivity index (χ2n) is 7.90. The van der Waals surface area contributed by atoms with E-state index < -0.39 is 0 Å². The van der Waals surface area contributed by atoms with Gasteiger partial charge in [0.15, 0.2) is 6.61 Å². The van der Waals surface area contributed by atoms with Gasteiger partial charge in [0, 0.05) is 23.6 Å². The van der Waals surface area contributed by atoms with E-state index in [-0.39, 0.29) is 12.5 Å². The predicted octanol–water partition coefficient (Wildman–Crippen LogP) is 4.57. The molecular formula is C25H30N2O3. The van der Waals surface area contributed by atoms with Gasteiger partial charge in [0.25, 0.3) is 5.91 Å². The molecule has 3 aromatic rings. The lowest BCUT2D eigenvalue weighted by Gasteiger charge is -2.16. The normalized spacial score (nSPS) is 13.1. The Kier molecular flexibility index (Phi) is 6.57. The highest BCUT2D eigenvalue weighted by Crippen LogP contribution is 2.26. The minimum Gasteiger partial charge on any atom is -0.494 e. The van der Waals surface area contributed by atoms with Crippen LogP contribution in [0.2, 0.25) is 0 Å². The molecule has 0 fully saturated rings. The summed E-state index contributed by atoms with van der Waals surface area (Å²) in [5.74, 6) is 1.56. The standard InChI is InChI=1S/C25H30N2O3/c1-2-13-29-22-9-10-24-23(15-22)20(16-27-24)11-12-26-25(28)17-30-21-8-7-18-5-3-4-6-19(18)14-21/h7-10,14-16,27H,2-6,11-13,17H2,1H3,(H,26,28). The molecule has 0 aliphatic heterocycles. The van der Waals surface area contributed by atoms with Crippen LogP contribution in [0.3, 0.4) is 0 Å². The van der Waals surface area contributed by atoms with Gasteiger partial charge in [-0.3, -0.25) is 4.79 Å². The van der Waals surface area contributed by atoms with Crippen molar-refractivity contribution in [1.82, 2.24) is 10.3 Å². The molecule has 1 aliphatic rings. The average molecular weight is 407 g/mol. The van der Waals surface area contributed by atoms with Crippen LogP contribution in [0.25, 0.3) is 10.9 Å². The SMILES string of the molecule is CCCOc1ccc2[nH]cc(CCNC(=O)COc3ccc4c(c3)CCCC4)c2c1. The average Bonchev–Trinajstić information content (AvgIpc) is 3.18. The molecule has 0 bridgehead atoms.